The Labute approximate surface area is 412 Å². The highest BCUT2D eigenvalue weighted by Crippen LogP contribution is 2.38. The molecule has 23 heteroatoms. The van der Waals surface area contributed by atoms with Crippen molar-refractivity contribution in [2.75, 3.05) is 33.5 Å². The number of carbonyl (C=O) groups excluding carboxylic acids is 4. The summed E-state index contributed by atoms with van der Waals surface area (Å²) in [6.45, 7) is 1.55. The van der Waals surface area contributed by atoms with E-state index in [1.165, 1.54) is 36.4 Å². The number of esters is 4. The van der Waals surface area contributed by atoms with Crippen LogP contribution in [0.2, 0.25) is 0 Å². The molecule has 9 N–H and O–H groups in total. The first-order valence-electron chi connectivity index (χ1n) is 23.0. The Kier molecular flexibility index (Phi) is 19.8. The molecule has 0 amide bonds. The van der Waals surface area contributed by atoms with Crippen LogP contribution in [0.1, 0.15) is 37.8 Å². The summed E-state index contributed by atoms with van der Waals surface area (Å²) in [6, 6.07) is 12.6. The molecule has 2 aromatic carbocycles. The van der Waals surface area contributed by atoms with Crippen molar-refractivity contribution in [3.63, 3.8) is 0 Å². The number of benzene rings is 2. The number of rotatable bonds is 19. The fraction of sp³-hybridized carbons (Fsp3) is 0.510. The van der Waals surface area contributed by atoms with Gasteiger partial charge in [-0.15, -0.1) is 0 Å². The predicted octanol–water partition coefficient (Wildman–Crippen LogP) is -0.639. The SMILES string of the molecule is C/C=C1\[C@H](O[C@@H]2O[C@H](CO)[C@@H](O)[C@H](O)[C@H]2O)OC=C(C(=O)OC)[C@H]1CC(=O)Oc1ccc(CCOC(=O)C2=CO[C@@H](O[C@@H]3O[C@H](CO)[C@@H](O)[C@H](O)[C@H]3O)/C(=C\C)[C@@H]2CC(=O)OCCc2ccc(O)cc2)cc1. The van der Waals surface area contributed by atoms with E-state index in [4.69, 9.17) is 47.4 Å². The van der Waals surface area contributed by atoms with Gasteiger partial charge < -0.3 is 93.3 Å². The summed E-state index contributed by atoms with van der Waals surface area (Å²) < 4.78 is 55.6. The summed E-state index contributed by atoms with van der Waals surface area (Å²) in [5, 5.41) is 91.0. The second kappa shape index (κ2) is 25.7. The first-order chi connectivity index (χ1) is 34.5. The molecule has 2 fully saturated rings. The van der Waals surface area contributed by atoms with E-state index in [0.29, 0.717) is 12.0 Å². The van der Waals surface area contributed by atoms with Crippen molar-refractivity contribution in [3.05, 3.63) is 107 Å². The lowest BCUT2D eigenvalue weighted by atomic mass is 9.86. The van der Waals surface area contributed by atoms with Crippen LogP contribution in [-0.4, -0.2) is 177 Å². The zero-order valence-electron chi connectivity index (χ0n) is 39.4. The molecular formula is C49H60O23. The van der Waals surface area contributed by atoms with Crippen molar-refractivity contribution in [1.82, 2.24) is 0 Å². The van der Waals surface area contributed by atoms with Crippen molar-refractivity contribution in [2.24, 2.45) is 11.8 Å². The van der Waals surface area contributed by atoms with E-state index >= 15 is 0 Å². The van der Waals surface area contributed by atoms with Gasteiger partial charge in [0.1, 0.15) is 60.3 Å². The molecule has 6 rings (SSSR count). The third-order valence-corrected chi connectivity index (χ3v) is 12.4. The van der Waals surface area contributed by atoms with Gasteiger partial charge in [-0.2, -0.15) is 0 Å². The van der Waals surface area contributed by atoms with Crippen LogP contribution in [0.4, 0.5) is 0 Å². The summed E-state index contributed by atoms with van der Waals surface area (Å²) in [7, 11) is 1.14. The molecule has 72 heavy (non-hydrogen) atoms. The number of allylic oxidation sites excluding steroid dienone is 2. The third-order valence-electron chi connectivity index (χ3n) is 12.4. The van der Waals surface area contributed by atoms with Gasteiger partial charge in [-0.3, -0.25) is 9.59 Å². The maximum atomic E-state index is 13.7. The fourth-order valence-corrected chi connectivity index (χ4v) is 8.31. The van der Waals surface area contributed by atoms with Crippen molar-refractivity contribution in [1.29, 1.82) is 0 Å². The van der Waals surface area contributed by atoms with Gasteiger partial charge in [0.25, 0.3) is 0 Å². The zero-order chi connectivity index (χ0) is 52.2. The Morgan fingerprint density at radius 1 is 0.583 bits per heavy atom. The average molecular weight is 1020 g/mol. The number of hydrogen-bond donors (Lipinski definition) is 9. The molecule has 2 aromatic rings. The minimum Gasteiger partial charge on any atom is -0.508 e. The predicted molar refractivity (Wildman–Crippen MR) is 241 cm³/mol. The van der Waals surface area contributed by atoms with Gasteiger partial charge in [-0.05, 0) is 49.2 Å². The number of aliphatic hydroxyl groups is 8. The number of ether oxygens (including phenoxy) is 10. The Bertz CT molecular complexity index is 2290. The number of hydrogen-bond acceptors (Lipinski definition) is 23. The normalized spacial score (nSPS) is 31.6. The highest BCUT2D eigenvalue weighted by molar-refractivity contribution is 5.91. The number of phenolic OH excluding ortho intramolecular Hbond substituents is 1. The Morgan fingerprint density at radius 2 is 1.03 bits per heavy atom. The molecule has 4 aliphatic heterocycles. The van der Waals surface area contributed by atoms with Crippen LogP contribution in [0.25, 0.3) is 0 Å². The van der Waals surface area contributed by atoms with E-state index in [1.807, 2.05) is 0 Å². The lowest BCUT2D eigenvalue weighted by Gasteiger charge is -2.42. The van der Waals surface area contributed by atoms with Gasteiger partial charge in [0, 0.05) is 35.8 Å². The summed E-state index contributed by atoms with van der Waals surface area (Å²) in [5.41, 5.74) is 1.74. The zero-order valence-corrected chi connectivity index (χ0v) is 39.4. The van der Waals surface area contributed by atoms with Crippen LogP contribution in [-0.2, 0) is 74.7 Å². The summed E-state index contributed by atoms with van der Waals surface area (Å²) in [5.74, 6) is -5.05. The smallest absolute Gasteiger partial charge is 0.337 e. The van der Waals surface area contributed by atoms with E-state index in [0.717, 1.165) is 25.2 Å². The molecule has 0 bridgehead atoms. The van der Waals surface area contributed by atoms with Gasteiger partial charge in [0.05, 0.1) is 70.0 Å². The molecule has 0 unspecified atom stereocenters. The minimum absolute atomic E-state index is 0.0297. The van der Waals surface area contributed by atoms with Gasteiger partial charge in [0.2, 0.25) is 12.6 Å². The number of carbonyl (C=O) groups is 4. The summed E-state index contributed by atoms with van der Waals surface area (Å²) in [6.07, 6.45) is -14.1. The third kappa shape index (κ3) is 13.4. The number of aromatic hydroxyl groups is 1. The second-order valence-corrected chi connectivity index (χ2v) is 17.0. The largest absolute Gasteiger partial charge is 0.508 e. The van der Waals surface area contributed by atoms with Gasteiger partial charge >= 0.3 is 23.9 Å². The van der Waals surface area contributed by atoms with E-state index in [-0.39, 0.29) is 53.4 Å². The number of phenols is 1. The standard InChI is InChI=1S/C49H60O23/c1-4-28-30(18-36(53)64-16-14-24-6-10-26(52)11-7-24)33(23-67-46(28)71-48-42(59)40(57)38(55)34(20-50)69-48)45(62)65-17-15-25-8-12-27(13-9-25)68-37(54)19-31-29(5-2)47(66-22-32(31)44(61)63-3)72-49-43(60)41(58)39(56)35(21-51)70-49/h4-13,22-23,30-31,34-35,38-43,46-52,55-60H,14-21H2,1-3H3/b28-4-,29-5-/t30-,31-,34+,35+,38+,39+,40-,41-,42+,43+,46-,47-,48-,49-/m0/s1. The van der Waals surface area contributed by atoms with Crippen LogP contribution in [0.5, 0.6) is 11.5 Å². The lowest BCUT2D eigenvalue weighted by molar-refractivity contribution is -0.327. The second-order valence-electron chi connectivity index (χ2n) is 17.0. The Morgan fingerprint density at radius 3 is 1.49 bits per heavy atom. The molecule has 0 spiro atoms. The van der Waals surface area contributed by atoms with Crippen LogP contribution in [0.3, 0.4) is 0 Å². The quantitative estimate of drug-likeness (QED) is 0.0366. The highest BCUT2D eigenvalue weighted by Gasteiger charge is 2.49. The maximum absolute atomic E-state index is 13.7. The number of methoxy groups -OCH3 is 1. The average Bonchev–Trinajstić information content (AvgIpc) is 3.37. The highest BCUT2D eigenvalue weighted by atomic mass is 16.8. The van der Waals surface area contributed by atoms with Crippen molar-refractivity contribution < 1.29 is 113 Å². The molecule has 2 saturated heterocycles. The summed E-state index contributed by atoms with van der Waals surface area (Å²) >= 11 is 0. The first kappa shape index (κ1) is 55.5. The molecule has 14 atom stereocenters. The van der Waals surface area contributed by atoms with Crippen molar-refractivity contribution >= 4 is 23.9 Å². The number of aliphatic hydroxyl groups excluding tert-OH is 8. The van der Waals surface area contributed by atoms with E-state index in [1.54, 1.807) is 38.1 Å². The molecule has 0 radical (unpaired) electrons. The molecular weight excluding hydrogens is 957 g/mol. The minimum atomic E-state index is -1.78. The first-order valence-corrected chi connectivity index (χ1v) is 23.0. The fourth-order valence-electron chi connectivity index (χ4n) is 8.31. The van der Waals surface area contributed by atoms with E-state index in [2.05, 4.69) is 0 Å². The van der Waals surface area contributed by atoms with Crippen LogP contribution in [0, 0.1) is 11.8 Å². The van der Waals surface area contributed by atoms with Gasteiger partial charge in [-0.25, -0.2) is 9.59 Å². The van der Waals surface area contributed by atoms with Crippen molar-refractivity contribution in [3.8, 4) is 11.5 Å². The maximum Gasteiger partial charge on any atom is 0.337 e. The van der Waals surface area contributed by atoms with E-state index in [9.17, 15) is 65.1 Å². The Hall–Kier alpha value is -5.80. The molecule has 4 aliphatic rings. The monoisotopic (exact) mass is 1020 g/mol. The van der Waals surface area contributed by atoms with E-state index < -0.39 is 136 Å². The van der Waals surface area contributed by atoms with Crippen LogP contribution < -0.4 is 4.74 Å². The Balaban J connectivity index is 1.07. The summed E-state index contributed by atoms with van der Waals surface area (Å²) in [4.78, 5) is 53.2. The van der Waals surface area contributed by atoms with Crippen LogP contribution >= 0.6 is 0 Å². The van der Waals surface area contributed by atoms with Gasteiger partial charge in [0.15, 0.2) is 12.6 Å². The van der Waals surface area contributed by atoms with Crippen LogP contribution in [0.15, 0.2) is 95.5 Å². The molecule has 394 valence electrons. The molecule has 0 aliphatic carbocycles. The lowest BCUT2D eigenvalue weighted by Crippen LogP contribution is -2.60. The molecule has 23 nitrogen and oxygen atoms in total. The molecule has 0 saturated carbocycles. The van der Waals surface area contributed by atoms with Crippen molar-refractivity contribution in [2.45, 2.75) is 114 Å². The topological polar surface area (TPSA) is 343 Å². The van der Waals surface area contributed by atoms with Gasteiger partial charge in [-0.1, -0.05) is 36.4 Å². The molecule has 4 heterocycles. The molecule has 0 aromatic heterocycles.